The SMILES string of the molecule is COc1cccc(NCl)c1.O=C1CCC(=O)N1Br. The number of ether oxygens (including phenoxy) is 1. The molecule has 0 atom stereocenters. The number of hydrogen-bond acceptors (Lipinski definition) is 4. The Bertz CT molecular complexity index is 407. The molecule has 0 aliphatic carbocycles. The molecule has 0 saturated carbocycles. The van der Waals surface area contributed by atoms with Crippen molar-refractivity contribution in [3.05, 3.63) is 24.3 Å². The van der Waals surface area contributed by atoms with Crippen molar-refractivity contribution in [2.75, 3.05) is 11.9 Å². The van der Waals surface area contributed by atoms with Crippen molar-refractivity contribution < 1.29 is 14.3 Å². The maximum absolute atomic E-state index is 10.4. The molecule has 1 aromatic rings. The lowest BCUT2D eigenvalue weighted by Crippen LogP contribution is -2.16. The fraction of sp³-hybridized carbons (Fsp3) is 0.273. The average molecular weight is 336 g/mol. The van der Waals surface area contributed by atoms with Crippen LogP contribution < -0.4 is 9.57 Å². The maximum atomic E-state index is 10.4. The minimum Gasteiger partial charge on any atom is -0.497 e. The summed E-state index contributed by atoms with van der Waals surface area (Å²) in [6, 6.07) is 7.39. The first-order chi connectivity index (χ1) is 8.58. The van der Waals surface area contributed by atoms with Gasteiger partial charge in [-0.1, -0.05) is 6.07 Å². The van der Waals surface area contributed by atoms with E-state index in [1.54, 1.807) is 7.11 Å². The van der Waals surface area contributed by atoms with Gasteiger partial charge in [0.2, 0.25) is 11.8 Å². The molecule has 1 aliphatic rings. The van der Waals surface area contributed by atoms with Gasteiger partial charge in [0.1, 0.15) is 5.75 Å². The van der Waals surface area contributed by atoms with Gasteiger partial charge in [0.05, 0.1) is 28.9 Å². The number of halogens is 2. The van der Waals surface area contributed by atoms with E-state index in [0.29, 0.717) is 12.8 Å². The molecule has 0 unspecified atom stereocenters. The van der Waals surface area contributed by atoms with E-state index in [1.165, 1.54) is 0 Å². The van der Waals surface area contributed by atoms with Crippen molar-refractivity contribution in [1.82, 2.24) is 3.93 Å². The van der Waals surface area contributed by atoms with Gasteiger partial charge in [-0.25, -0.2) is 3.93 Å². The number of carbonyl (C=O) groups excluding carboxylic acids is 2. The zero-order valence-electron chi connectivity index (χ0n) is 9.65. The van der Waals surface area contributed by atoms with Gasteiger partial charge in [-0.15, -0.1) is 0 Å². The second-order valence-electron chi connectivity index (χ2n) is 3.39. The highest BCUT2D eigenvalue weighted by Gasteiger charge is 2.26. The molecule has 1 N–H and O–H groups in total. The Morgan fingerprint density at radius 1 is 1.33 bits per heavy atom. The van der Waals surface area contributed by atoms with E-state index < -0.39 is 0 Å². The summed E-state index contributed by atoms with van der Waals surface area (Å²) in [6.45, 7) is 0. The molecule has 2 amide bonds. The van der Waals surface area contributed by atoms with Gasteiger partial charge in [0.25, 0.3) is 0 Å². The van der Waals surface area contributed by atoms with Gasteiger partial charge >= 0.3 is 0 Å². The number of rotatable bonds is 2. The number of benzene rings is 1. The fourth-order valence-corrected chi connectivity index (χ4v) is 1.70. The molecular formula is C11H12BrClN2O3. The number of nitrogens with zero attached hydrogens (tertiary/aromatic N) is 1. The molecule has 1 aliphatic heterocycles. The van der Waals surface area contributed by atoms with Crippen LogP contribution in [0.25, 0.3) is 0 Å². The van der Waals surface area contributed by atoms with Gasteiger partial charge in [0, 0.05) is 30.7 Å². The molecule has 98 valence electrons. The first-order valence-corrected chi connectivity index (χ1v) is 6.19. The topological polar surface area (TPSA) is 58.6 Å². The smallest absolute Gasteiger partial charge is 0.239 e. The number of methoxy groups -OCH3 is 1. The Morgan fingerprint density at radius 3 is 2.33 bits per heavy atom. The van der Waals surface area contributed by atoms with Crippen molar-refractivity contribution in [3.8, 4) is 5.75 Å². The highest BCUT2D eigenvalue weighted by molar-refractivity contribution is 9.08. The van der Waals surface area contributed by atoms with Crippen LogP contribution >= 0.6 is 27.9 Å². The zero-order valence-corrected chi connectivity index (χ0v) is 12.0. The predicted molar refractivity (Wildman–Crippen MR) is 72.5 cm³/mol. The molecule has 1 fully saturated rings. The van der Waals surface area contributed by atoms with Crippen LogP contribution in [-0.4, -0.2) is 22.9 Å². The van der Waals surface area contributed by atoms with E-state index in [2.05, 4.69) is 21.0 Å². The third-order valence-electron chi connectivity index (χ3n) is 2.17. The maximum Gasteiger partial charge on any atom is 0.239 e. The summed E-state index contributed by atoms with van der Waals surface area (Å²) in [6.07, 6.45) is 0.703. The quantitative estimate of drug-likeness (QED) is 0.667. The van der Waals surface area contributed by atoms with E-state index in [4.69, 9.17) is 16.5 Å². The first kappa shape index (κ1) is 14.8. The molecular weight excluding hydrogens is 323 g/mol. The van der Waals surface area contributed by atoms with Gasteiger partial charge in [0.15, 0.2) is 0 Å². The molecule has 1 heterocycles. The zero-order chi connectivity index (χ0) is 13.5. The lowest BCUT2D eigenvalue weighted by molar-refractivity contribution is -0.131. The Kier molecular flexibility index (Phi) is 5.94. The minimum atomic E-state index is -0.144. The van der Waals surface area contributed by atoms with E-state index >= 15 is 0 Å². The summed E-state index contributed by atoms with van der Waals surface area (Å²) in [5.74, 6) is 0.510. The molecule has 1 aromatic carbocycles. The molecule has 0 spiro atoms. The van der Waals surface area contributed by atoms with Crippen molar-refractivity contribution >= 4 is 45.4 Å². The van der Waals surface area contributed by atoms with E-state index in [1.807, 2.05) is 24.3 Å². The van der Waals surface area contributed by atoms with Crippen molar-refractivity contribution in [3.63, 3.8) is 0 Å². The molecule has 1 saturated heterocycles. The largest absolute Gasteiger partial charge is 0.497 e. The van der Waals surface area contributed by atoms with Crippen molar-refractivity contribution in [2.45, 2.75) is 12.8 Å². The Hall–Kier alpha value is -1.27. The molecule has 7 heteroatoms. The number of carbonyl (C=O) groups is 2. The number of amides is 2. The lowest BCUT2D eigenvalue weighted by atomic mass is 10.3. The highest BCUT2D eigenvalue weighted by atomic mass is 79.9. The van der Waals surface area contributed by atoms with Crippen LogP contribution in [0.2, 0.25) is 0 Å². The summed E-state index contributed by atoms with van der Waals surface area (Å²) in [4.78, 5) is 23.4. The summed E-state index contributed by atoms with van der Waals surface area (Å²) in [5, 5.41) is 0. The average Bonchev–Trinajstić information content (AvgIpc) is 2.71. The third-order valence-corrected chi connectivity index (χ3v) is 3.18. The van der Waals surface area contributed by atoms with E-state index in [-0.39, 0.29) is 11.8 Å². The summed E-state index contributed by atoms with van der Waals surface area (Å²) >= 11 is 8.15. The standard InChI is InChI=1S/C7H8ClNO.C4H4BrNO2/c1-10-7-4-2-3-6(5-7)9-8;5-6-3(7)1-2-4(6)8/h2-5,9H,1H3;1-2H2. The van der Waals surface area contributed by atoms with Crippen LogP contribution in [0.5, 0.6) is 5.75 Å². The highest BCUT2D eigenvalue weighted by Crippen LogP contribution is 2.16. The van der Waals surface area contributed by atoms with Gasteiger partial charge in [-0.3, -0.25) is 14.4 Å². The van der Waals surface area contributed by atoms with Crippen LogP contribution in [0.15, 0.2) is 24.3 Å². The summed E-state index contributed by atoms with van der Waals surface area (Å²) in [7, 11) is 1.62. The molecule has 18 heavy (non-hydrogen) atoms. The predicted octanol–water partition coefficient (Wildman–Crippen LogP) is 2.71. The number of anilines is 1. The second kappa shape index (κ2) is 7.23. The Balaban J connectivity index is 0.000000184. The van der Waals surface area contributed by atoms with Gasteiger partial charge < -0.3 is 4.74 Å². The number of nitrogens with one attached hydrogen (secondary N) is 1. The van der Waals surface area contributed by atoms with Crippen LogP contribution in [0, 0.1) is 0 Å². The monoisotopic (exact) mass is 334 g/mol. The molecule has 5 nitrogen and oxygen atoms in total. The third kappa shape index (κ3) is 4.19. The van der Waals surface area contributed by atoms with Gasteiger partial charge in [-0.2, -0.15) is 0 Å². The van der Waals surface area contributed by atoms with Crippen molar-refractivity contribution in [2.24, 2.45) is 0 Å². The molecule has 0 aromatic heterocycles. The van der Waals surface area contributed by atoms with Crippen molar-refractivity contribution in [1.29, 1.82) is 0 Å². The lowest BCUT2D eigenvalue weighted by Gasteiger charge is -2.00. The Labute approximate surface area is 118 Å². The fourth-order valence-electron chi connectivity index (χ4n) is 1.23. The summed E-state index contributed by atoms with van der Waals surface area (Å²) in [5.41, 5.74) is 0.834. The van der Waals surface area contributed by atoms with E-state index in [9.17, 15) is 9.59 Å². The first-order valence-electron chi connectivity index (χ1n) is 5.10. The van der Waals surface area contributed by atoms with Crippen LogP contribution in [0.1, 0.15) is 12.8 Å². The minimum absolute atomic E-state index is 0.144. The van der Waals surface area contributed by atoms with Crippen LogP contribution in [0.3, 0.4) is 0 Å². The normalized spacial score (nSPS) is 14.1. The molecule has 0 radical (unpaired) electrons. The van der Waals surface area contributed by atoms with Gasteiger partial charge in [-0.05, 0) is 12.1 Å². The summed E-state index contributed by atoms with van der Waals surface area (Å²) < 4.78 is 5.94. The molecule has 0 bridgehead atoms. The Morgan fingerprint density at radius 2 is 1.94 bits per heavy atom. The van der Waals surface area contributed by atoms with Crippen LogP contribution in [-0.2, 0) is 9.59 Å². The van der Waals surface area contributed by atoms with Crippen LogP contribution in [0.4, 0.5) is 5.69 Å². The number of imide groups is 1. The molecule has 2 rings (SSSR count). The number of hydrogen-bond donors (Lipinski definition) is 1. The second-order valence-corrected chi connectivity index (χ2v) is 4.29. The van der Waals surface area contributed by atoms with E-state index in [0.717, 1.165) is 15.4 Å².